The van der Waals surface area contributed by atoms with E-state index in [2.05, 4.69) is 5.32 Å². The van der Waals surface area contributed by atoms with E-state index in [1.54, 1.807) is 30.3 Å². The van der Waals surface area contributed by atoms with Crippen molar-refractivity contribution in [1.29, 1.82) is 0 Å². The number of nitrogens with zero attached hydrogens (tertiary/aromatic N) is 1. The molecule has 1 aliphatic rings. The van der Waals surface area contributed by atoms with Crippen LogP contribution in [0, 0.1) is 0 Å². The molecule has 124 valence electrons. The number of hydrogen-bond acceptors (Lipinski definition) is 5. The number of carbonyl (C=O) groups is 2. The monoisotopic (exact) mass is 346 g/mol. The highest BCUT2D eigenvalue weighted by molar-refractivity contribution is 7.90. The minimum Gasteiger partial charge on any atom is -0.497 e. The Kier molecular flexibility index (Phi) is 3.98. The summed E-state index contributed by atoms with van der Waals surface area (Å²) < 4.78 is 30.0. The maximum absolute atomic E-state index is 12.4. The number of rotatable bonds is 3. The van der Waals surface area contributed by atoms with Crippen molar-refractivity contribution in [2.24, 2.45) is 0 Å². The highest BCUT2D eigenvalue weighted by Crippen LogP contribution is 2.29. The fourth-order valence-electron chi connectivity index (χ4n) is 2.38. The van der Waals surface area contributed by atoms with Crippen LogP contribution >= 0.6 is 0 Å². The maximum atomic E-state index is 12.4. The van der Waals surface area contributed by atoms with Crippen LogP contribution < -0.4 is 10.1 Å². The largest absolute Gasteiger partial charge is 0.497 e. The first-order valence-electron chi connectivity index (χ1n) is 7.04. The molecule has 0 bridgehead atoms. The van der Waals surface area contributed by atoms with Gasteiger partial charge in [0.25, 0.3) is 15.9 Å². The third kappa shape index (κ3) is 2.61. The molecule has 8 heteroatoms. The van der Waals surface area contributed by atoms with Gasteiger partial charge >= 0.3 is 6.03 Å². The van der Waals surface area contributed by atoms with E-state index in [0.717, 1.165) is 5.56 Å². The van der Waals surface area contributed by atoms with Gasteiger partial charge in [0.05, 0.1) is 12.7 Å². The first kappa shape index (κ1) is 16.0. The Labute approximate surface area is 138 Å². The number of methoxy groups -OCH3 is 1. The van der Waals surface area contributed by atoms with Crippen LogP contribution in [0.2, 0.25) is 0 Å². The smallest absolute Gasteiger partial charge is 0.339 e. The lowest BCUT2D eigenvalue weighted by molar-refractivity contribution is 0.0893. The van der Waals surface area contributed by atoms with Crippen molar-refractivity contribution in [3.63, 3.8) is 0 Å². The van der Waals surface area contributed by atoms with Crippen molar-refractivity contribution in [3.8, 4) is 5.75 Å². The molecular weight excluding hydrogens is 332 g/mol. The molecular formula is C16H14N2O5S. The summed E-state index contributed by atoms with van der Waals surface area (Å²) in [6, 6.07) is 11.7. The number of fused-ring (bicyclic) bond motifs is 1. The third-order valence-corrected chi connectivity index (χ3v) is 5.33. The average molecular weight is 346 g/mol. The number of ether oxygens (including phenoxy) is 1. The molecule has 0 aromatic heterocycles. The van der Waals surface area contributed by atoms with Gasteiger partial charge in [-0.15, -0.1) is 4.31 Å². The number of urea groups is 1. The number of carbonyl (C=O) groups excluding carboxylic acids is 2. The average Bonchev–Trinajstić information content (AvgIpc) is 2.80. The molecule has 0 atom stereocenters. The van der Waals surface area contributed by atoms with E-state index in [-0.39, 0.29) is 21.3 Å². The molecule has 2 aromatic rings. The fourth-order valence-corrected chi connectivity index (χ4v) is 3.86. The molecule has 3 amide bonds. The minimum absolute atomic E-state index is 0.00269. The lowest BCUT2D eigenvalue weighted by atomic mass is 10.2. The summed E-state index contributed by atoms with van der Waals surface area (Å²) in [7, 11) is -2.62. The Balaban J connectivity index is 1.77. The van der Waals surface area contributed by atoms with Crippen LogP contribution in [0.4, 0.5) is 4.79 Å². The van der Waals surface area contributed by atoms with Crippen molar-refractivity contribution in [1.82, 2.24) is 9.62 Å². The zero-order valence-electron chi connectivity index (χ0n) is 12.7. The molecule has 0 aliphatic carbocycles. The van der Waals surface area contributed by atoms with Gasteiger partial charge in [-0.1, -0.05) is 24.3 Å². The third-order valence-electron chi connectivity index (χ3n) is 3.61. The number of hydrogen-bond donors (Lipinski definition) is 1. The van der Waals surface area contributed by atoms with Gasteiger partial charge in [-0.25, -0.2) is 13.2 Å². The molecule has 0 fully saturated rings. The lowest BCUT2D eigenvalue weighted by Gasteiger charge is -2.14. The van der Waals surface area contributed by atoms with Gasteiger partial charge in [0.2, 0.25) is 0 Å². The summed E-state index contributed by atoms with van der Waals surface area (Å²) in [6.07, 6.45) is 0. The van der Waals surface area contributed by atoms with Crippen LogP contribution in [0.3, 0.4) is 0 Å². The van der Waals surface area contributed by atoms with E-state index >= 15 is 0 Å². The molecule has 0 saturated heterocycles. The van der Waals surface area contributed by atoms with Gasteiger partial charge in [0, 0.05) is 6.54 Å². The number of sulfonamides is 1. The lowest BCUT2D eigenvalue weighted by Crippen LogP contribution is -2.43. The molecule has 2 aromatic carbocycles. The second-order valence-electron chi connectivity index (χ2n) is 5.08. The normalized spacial score (nSPS) is 15.0. The van der Waals surface area contributed by atoms with Crippen LogP contribution in [0.25, 0.3) is 0 Å². The molecule has 1 aliphatic heterocycles. The number of benzene rings is 2. The van der Waals surface area contributed by atoms with Crippen molar-refractivity contribution in [2.45, 2.75) is 11.4 Å². The SMILES string of the molecule is COc1ccc(CNC(=O)N2C(=O)c3ccccc3S2(=O)=O)cc1. The Hall–Kier alpha value is -2.87. The first-order chi connectivity index (χ1) is 11.4. The van der Waals surface area contributed by atoms with Crippen molar-refractivity contribution < 1.29 is 22.7 Å². The number of imide groups is 1. The highest BCUT2D eigenvalue weighted by atomic mass is 32.2. The number of nitrogens with one attached hydrogen (secondary N) is 1. The van der Waals surface area contributed by atoms with Crippen LogP contribution in [-0.4, -0.2) is 31.8 Å². The zero-order valence-corrected chi connectivity index (χ0v) is 13.5. The molecule has 0 radical (unpaired) electrons. The Bertz CT molecular complexity index is 906. The topological polar surface area (TPSA) is 92.8 Å². The van der Waals surface area contributed by atoms with Gasteiger partial charge in [-0.2, -0.15) is 0 Å². The van der Waals surface area contributed by atoms with Gasteiger partial charge in [-0.3, -0.25) is 4.79 Å². The molecule has 0 spiro atoms. The van der Waals surface area contributed by atoms with E-state index in [1.165, 1.54) is 25.3 Å². The van der Waals surface area contributed by atoms with Gasteiger partial charge in [0.15, 0.2) is 0 Å². The van der Waals surface area contributed by atoms with Crippen molar-refractivity contribution in [2.75, 3.05) is 7.11 Å². The molecule has 1 N–H and O–H groups in total. The number of amides is 3. The van der Waals surface area contributed by atoms with E-state index in [0.29, 0.717) is 5.75 Å². The molecule has 0 unspecified atom stereocenters. The van der Waals surface area contributed by atoms with Crippen LogP contribution in [0.5, 0.6) is 5.75 Å². The van der Waals surface area contributed by atoms with Crippen molar-refractivity contribution in [3.05, 3.63) is 59.7 Å². The molecule has 24 heavy (non-hydrogen) atoms. The molecule has 1 heterocycles. The van der Waals surface area contributed by atoms with Crippen LogP contribution in [0.1, 0.15) is 15.9 Å². The van der Waals surface area contributed by atoms with Gasteiger partial charge in [-0.05, 0) is 29.8 Å². The van der Waals surface area contributed by atoms with Gasteiger partial charge in [0.1, 0.15) is 10.6 Å². The molecule has 0 saturated carbocycles. The maximum Gasteiger partial charge on any atom is 0.339 e. The van der Waals surface area contributed by atoms with Gasteiger partial charge < -0.3 is 10.1 Å². The van der Waals surface area contributed by atoms with E-state index in [9.17, 15) is 18.0 Å². The Morgan fingerprint density at radius 1 is 1.12 bits per heavy atom. The summed E-state index contributed by atoms with van der Waals surface area (Å²) in [5.74, 6) is -0.185. The van der Waals surface area contributed by atoms with Crippen LogP contribution in [0.15, 0.2) is 53.4 Å². The standard InChI is InChI=1S/C16H14N2O5S/c1-23-12-8-6-11(7-9-12)10-17-16(20)18-15(19)13-4-2-3-5-14(13)24(18,21)22/h2-9H,10H2,1H3,(H,17,20). The summed E-state index contributed by atoms with van der Waals surface area (Å²) in [5, 5.41) is 2.45. The minimum atomic E-state index is -4.16. The van der Waals surface area contributed by atoms with E-state index < -0.39 is 22.0 Å². The predicted octanol–water partition coefficient (Wildman–Crippen LogP) is 1.75. The summed E-state index contributed by atoms with van der Waals surface area (Å²) in [6.45, 7) is 0.0818. The van der Waals surface area contributed by atoms with Crippen LogP contribution in [-0.2, 0) is 16.6 Å². The fraction of sp³-hybridized carbons (Fsp3) is 0.125. The second kappa shape index (κ2) is 5.97. The summed E-state index contributed by atoms with van der Waals surface area (Å²) >= 11 is 0. The highest BCUT2D eigenvalue weighted by Gasteiger charge is 2.45. The molecule has 7 nitrogen and oxygen atoms in total. The van der Waals surface area contributed by atoms with Crippen molar-refractivity contribution >= 4 is 22.0 Å². The zero-order chi connectivity index (χ0) is 17.3. The predicted molar refractivity (Wildman–Crippen MR) is 85.0 cm³/mol. The van der Waals surface area contributed by atoms with E-state index in [1.807, 2.05) is 0 Å². The Morgan fingerprint density at radius 2 is 1.79 bits per heavy atom. The first-order valence-corrected chi connectivity index (χ1v) is 8.48. The summed E-state index contributed by atoms with van der Waals surface area (Å²) in [5.41, 5.74) is 0.739. The molecule has 3 rings (SSSR count). The summed E-state index contributed by atoms with van der Waals surface area (Å²) in [4.78, 5) is 24.3. The second-order valence-corrected chi connectivity index (χ2v) is 6.83. The van der Waals surface area contributed by atoms with E-state index in [4.69, 9.17) is 4.74 Å². The Morgan fingerprint density at radius 3 is 2.42 bits per heavy atom. The quantitative estimate of drug-likeness (QED) is 0.914.